The van der Waals surface area contributed by atoms with Gasteiger partial charge in [-0.1, -0.05) is 61.4 Å². The van der Waals surface area contributed by atoms with Crippen molar-refractivity contribution in [2.24, 2.45) is 0 Å². The fourth-order valence-corrected chi connectivity index (χ4v) is 3.54. The molecule has 3 rings (SSSR count). The smallest absolute Gasteiger partial charge is 0.277 e. The van der Waals surface area contributed by atoms with Crippen molar-refractivity contribution in [2.45, 2.75) is 55.4 Å². The average Bonchev–Trinajstić information content (AvgIpc) is 2.97. The van der Waals surface area contributed by atoms with Gasteiger partial charge in [-0.15, -0.1) is 10.2 Å². The highest BCUT2D eigenvalue weighted by atomic mass is 32.2. The predicted molar refractivity (Wildman–Crippen MR) is 80.8 cm³/mol. The van der Waals surface area contributed by atoms with Crippen molar-refractivity contribution >= 4 is 11.8 Å². The molecule has 0 aliphatic heterocycles. The Morgan fingerprint density at radius 3 is 2.60 bits per heavy atom. The van der Waals surface area contributed by atoms with Crippen molar-refractivity contribution in [3.05, 3.63) is 41.8 Å². The molecular formula is C16H20N2OS. The first-order valence-electron chi connectivity index (χ1n) is 7.38. The fraction of sp³-hybridized carbons (Fsp3) is 0.500. The van der Waals surface area contributed by atoms with Gasteiger partial charge in [0.05, 0.1) is 0 Å². The summed E-state index contributed by atoms with van der Waals surface area (Å²) in [6, 6.07) is 10.4. The van der Waals surface area contributed by atoms with Gasteiger partial charge in [0.25, 0.3) is 5.22 Å². The fourth-order valence-electron chi connectivity index (χ4n) is 2.73. The highest BCUT2D eigenvalue weighted by molar-refractivity contribution is 7.99. The van der Waals surface area contributed by atoms with Gasteiger partial charge in [-0.2, -0.15) is 0 Å². The molecule has 0 radical (unpaired) electrons. The number of thioether (sulfide) groups is 1. The molecule has 1 atom stereocenters. The maximum absolute atomic E-state index is 5.86. The summed E-state index contributed by atoms with van der Waals surface area (Å²) in [7, 11) is 0. The van der Waals surface area contributed by atoms with Gasteiger partial charge in [0.2, 0.25) is 5.89 Å². The van der Waals surface area contributed by atoms with Crippen molar-refractivity contribution in [3.63, 3.8) is 0 Å². The molecule has 1 aromatic carbocycles. The first kappa shape index (κ1) is 13.7. The molecule has 1 aliphatic carbocycles. The minimum Gasteiger partial charge on any atom is -0.416 e. The molecule has 3 nitrogen and oxygen atoms in total. The van der Waals surface area contributed by atoms with Crippen LogP contribution < -0.4 is 0 Å². The first-order valence-corrected chi connectivity index (χ1v) is 8.26. The van der Waals surface area contributed by atoms with Crippen LogP contribution in [0, 0.1) is 0 Å². The van der Waals surface area contributed by atoms with E-state index in [0.717, 1.165) is 5.89 Å². The van der Waals surface area contributed by atoms with Crippen LogP contribution >= 0.6 is 11.8 Å². The Morgan fingerprint density at radius 1 is 1.10 bits per heavy atom. The molecule has 0 spiro atoms. The van der Waals surface area contributed by atoms with Crippen molar-refractivity contribution < 1.29 is 4.42 Å². The van der Waals surface area contributed by atoms with Crippen LogP contribution in [-0.2, 0) is 0 Å². The van der Waals surface area contributed by atoms with Crippen molar-refractivity contribution in [1.82, 2.24) is 10.2 Å². The molecule has 1 saturated carbocycles. The van der Waals surface area contributed by atoms with E-state index in [-0.39, 0.29) is 0 Å². The zero-order valence-corrected chi connectivity index (χ0v) is 12.6. The van der Waals surface area contributed by atoms with Crippen LogP contribution in [-0.4, -0.2) is 10.2 Å². The van der Waals surface area contributed by atoms with E-state index in [9.17, 15) is 0 Å². The topological polar surface area (TPSA) is 38.9 Å². The standard InChI is InChI=1S/C16H20N2OS/c1-12(13-8-4-2-5-9-13)20-16-18-17-15(19-16)14-10-6-3-7-11-14/h2,4-5,8-9,12,14H,3,6-7,10-11H2,1H3/t12-/m0/s1. The summed E-state index contributed by atoms with van der Waals surface area (Å²) >= 11 is 1.64. The minimum atomic E-state index is 0.329. The SMILES string of the molecule is C[C@H](Sc1nnc(C2CCCCC2)o1)c1ccccc1. The van der Waals surface area contributed by atoms with Crippen molar-refractivity contribution in [3.8, 4) is 0 Å². The molecule has 2 aromatic rings. The molecule has 0 saturated heterocycles. The number of rotatable bonds is 4. The highest BCUT2D eigenvalue weighted by Gasteiger charge is 2.22. The van der Waals surface area contributed by atoms with Crippen molar-refractivity contribution in [1.29, 1.82) is 0 Å². The van der Waals surface area contributed by atoms with Crippen LogP contribution in [0.15, 0.2) is 40.0 Å². The lowest BCUT2D eigenvalue weighted by molar-refractivity contribution is 0.334. The maximum atomic E-state index is 5.86. The van der Waals surface area contributed by atoms with Gasteiger partial charge < -0.3 is 4.42 Å². The summed E-state index contributed by atoms with van der Waals surface area (Å²) in [5.41, 5.74) is 1.29. The van der Waals surface area contributed by atoms with Crippen LogP contribution in [0.4, 0.5) is 0 Å². The van der Waals surface area contributed by atoms with Gasteiger partial charge in [-0.3, -0.25) is 0 Å². The predicted octanol–water partition coefficient (Wildman–Crippen LogP) is 4.97. The average molecular weight is 288 g/mol. The quantitative estimate of drug-likeness (QED) is 0.744. The minimum absolute atomic E-state index is 0.329. The van der Waals surface area contributed by atoms with Crippen LogP contribution in [0.5, 0.6) is 0 Å². The zero-order valence-electron chi connectivity index (χ0n) is 11.8. The molecule has 0 amide bonds. The molecule has 4 heteroatoms. The van der Waals surface area contributed by atoms with Gasteiger partial charge in [-0.05, 0) is 25.3 Å². The molecule has 106 valence electrons. The van der Waals surface area contributed by atoms with E-state index in [4.69, 9.17) is 4.42 Å². The third kappa shape index (κ3) is 3.23. The second-order valence-corrected chi connectivity index (χ2v) is 6.70. The molecule has 0 N–H and O–H groups in total. The lowest BCUT2D eigenvalue weighted by Crippen LogP contribution is -2.04. The Morgan fingerprint density at radius 2 is 1.85 bits per heavy atom. The number of hydrogen-bond donors (Lipinski definition) is 0. The van der Waals surface area contributed by atoms with E-state index in [1.165, 1.54) is 37.7 Å². The van der Waals surface area contributed by atoms with Gasteiger partial charge in [0.15, 0.2) is 0 Å². The van der Waals surface area contributed by atoms with Gasteiger partial charge in [0, 0.05) is 11.2 Å². The first-order chi connectivity index (χ1) is 9.83. The van der Waals surface area contributed by atoms with E-state index < -0.39 is 0 Å². The lowest BCUT2D eigenvalue weighted by atomic mass is 9.89. The second kappa shape index (κ2) is 6.44. The van der Waals surface area contributed by atoms with E-state index in [0.29, 0.717) is 16.4 Å². The molecule has 1 aromatic heterocycles. The normalized spacial score (nSPS) is 18.1. The summed E-state index contributed by atoms with van der Waals surface area (Å²) in [6.07, 6.45) is 6.31. The van der Waals surface area contributed by atoms with Crippen LogP contribution in [0.25, 0.3) is 0 Å². The molecule has 1 heterocycles. The molecule has 0 bridgehead atoms. The highest BCUT2D eigenvalue weighted by Crippen LogP contribution is 2.37. The Hall–Kier alpha value is -1.29. The number of nitrogens with zero attached hydrogens (tertiary/aromatic N) is 2. The van der Waals surface area contributed by atoms with Gasteiger partial charge in [-0.25, -0.2) is 0 Å². The Labute approximate surface area is 124 Å². The molecule has 1 fully saturated rings. The number of hydrogen-bond acceptors (Lipinski definition) is 4. The third-order valence-corrected chi connectivity index (χ3v) is 4.92. The second-order valence-electron chi connectivity index (χ2n) is 5.41. The van der Waals surface area contributed by atoms with E-state index in [1.807, 2.05) is 6.07 Å². The lowest BCUT2D eigenvalue weighted by Gasteiger charge is -2.17. The summed E-state index contributed by atoms with van der Waals surface area (Å²) < 4.78 is 5.86. The molecule has 20 heavy (non-hydrogen) atoms. The van der Waals surface area contributed by atoms with E-state index in [1.54, 1.807) is 11.8 Å². The summed E-state index contributed by atoms with van der Waals surface area (Å²) in [4.78, 5) is 0. The third-order valence-electron chi connectivity index (χ3n) is 3.92. The van der Waals surface area contributed by atoms with Crippen LogP contribution in [0.3, 0.4) is 0 Å². The largest absolute Gasteiger partial charge is 0.416 e. The van der Waals surface area contributed by atoms with Crippen molar-refractivity contribution in [2.75, 3.05) is 0 Å². The van der Waals surface area contributed by atoms with Crippen LogP contribution in [0.2, 0.25) is 0 Å². The number of benzene rings is 1. The summed E-state index contributed by atoms with van der Waals surface area (Å²) in [6.45, 7) is 2.17. The molecule has 0 unspecified atom stereocenters. The van der Waals surface area contributed by atoms with Crippen LogP contribution in [0.1, 0.15) is 61.6 Å². The summed E-state index contributed by atoms with van der Waals surface area (Å²) in [5, 5.41) is 9.48. The molecule has 1 aliphatic rings. The van der Waals surface area contributed by atoms with Gasteiger partial charge in [0.1, 0.15) is 0 Å². The monoisotopic (exact) mass is 288 g/mol. The Balaban J connectivity index is 1.65. The Kier molecular flexibility index (Phi) is 4.41. The number of aromatic nitrogens is 2. The summed E-state index contributed by atoms with van der Waals surface area (Å²) in [5.74, 6) is 1.32. The Bertz CT molecular complexity index is 534. The van der Waals surface area contributed by atoms with E-state index in [2.05, 4.69) is 41.4 Å². The maximum Gasteiger partial charge on any atom is 0.277 e. The van der Waals surface area contributed by atoms with E-state index >= 15 is 0 Å². The zero-order chi connectivity index (χ0) is 13.8. The molecular weight excluding hydrogens is 268 g/mol. The van der Waals surface area contributed by atoms with Gasteiger partial charge >= 0.3 is 0 Å².